The highest BCUT2D eigenvalue weighted by Crippen LogP contribution is 2.26. The molecule has 27 heavy (non-hydrogen) atoms. The van der Waals surface area contributed by atoms with Crippen LogP contribution in [0.15, 0.2) is 48.7 Å². The Morgan fingerprint density at radius 1 is 1.00 bits per heavy atom. The first-order chi connectivity index (χ1) is 12.9. The number of hydrogen-bond acceptors (Lipinski definition) is 6. The average Bonchev–Trinajstić information content (AvgIpc) is 2.66. The Balaban J connectivity index is 1.88. The third-order valence-electron chi connectivity index (χ3n) is 3.40. The van der Waals surface area contributed by atoms with Gasteiger partial charge in [0.2, 0.25) is 5.82 Å². The van der Waals surface area contributed by atoms with Crippen molar-refractivity contribution in [1.82, 2.24) is 9.97 Å². The van der Waals surface area contributed by atoms with Crippen molar-refractivity contribution in [1.29, 1.82) is 0 Å². The molecule has 0 saturated carbocycles. The van der Waals surface area contributed by atoms with Crippen LogP contribution < -0.4 is 4.74 Å². The average molecular weight is 375 g/mol. The lowest BCUT2D eigenvalue weighted by molar-refractivity contribution is -0.384. The molecule has 2 aromatic carbocycles. The molecule has 0 N–H and O–H groups in total. The number of esters is 1. The van der Waals surface area contributed by atoms with Gasteiger partial charge in [-0.1, -0.05) is 0 Å². The van der Waals surface area contributed by atoms with Gasteiger partial charge in [-0.15, -0.1) is 0 Å². The summed E-state index contributed by atoms with van der Waals surface area (Å²) in [6.07, 6.45) is 1.05. The van der Waals surface area contributed by atoms with Gasteiger partial charge in [-0.2, -0.15) is 0 Å². The molecule has 3 aromatic rings. The highest BCUT2D eigenvalue weighted by Gasteiger charge is 2.20. The molecule has 0 radical (unpaired) electrons. The second kappa shape index (κ2) is 7.20. The third kappa shape index (κ3) is 3.73. The van der Waals surface area contributed by atoms with Crippen LogP contribution >= 0.6 is 0 Å². The van der Waals surface area contributed by atoms with E-state index in [1.165, 1.54) is 12.1 Å². The molecule has 0 bridgehead atoms. The summed E-state index contributed by atoms with van der Waals surface area (Å²) in [5.74, 6) is -5.43. The Kier molecular flexibility index (Phi) is 4.79. The van der Waals surface area contributed by atoms with Crippen LogP contribution in [0.5, 0.6) is 5.75 Å². The summed E-state index contributed by atoms with van der Waals surface area (Å²) in [6, 6.07) is 7.07. The van der Waals surface area contributed by atoms with E-state index in [1.807, 2.05) is 0 Å². The Hall–Kier alpha value is -3.82. The van der Waals surface area contributed by atoms with E-state index in [1.54, 1.807) is 0 Å². The maximum Gasteiger partial charge on any atom is 0.381 e. The van der Waals surface area contributed by atoms with Crippen LogP contribution in [0, 0.1) is 27.6 Å². The van der Waals surface area contributed by atoms with E-state index < -0.39 is 39.7 Å². The lowest BCUT2D eigenvalue weighted by Crippen LogP contribution is -2.13. The van der Waals surface area contributed by atoms with Gasteiger partial charge in [0.05, 0.1) is 16.2 Å². The van der Waals surface area contributed by atoms with Crippen molar-refractivity contribution in [2.45, 2.75) is 0 Å². The number of nitrogens with zero attached hydrogens (tertiary/aromatic N) is 3. The largest absolute Gasteiger partial charge is 0.421 e. The predicted octanol–water partition coefficient (Wildman–Crippen LogP) is 3.69. The van der Waals surface area contributed by atoms with E-state index in [0.29, 0.717) is 6.07 Å². The molecule has 0 aliphatic carbocycles. The van der Waals surface area contributed by atoms with Crippen LogP contribution in [-0.4, -0.2) is 20.9 Å². The number of halogens is 3. The molecule has 10 heteroatoms. The Labute approximate surface area is 149 Å². The molecule has 1 aromatic heterocycles. The van der Waals surface area contributed by atoms with Gasteiger partial charge in [0.15, 0.2) is 11.6 Å². The van der Waals surface area contributed by atoms with Gasteiger partial charge < -0.3 is 4.74 Å². The molecule has 0 saturated heterocycles. The number of aromatic nitrogens is 2. The van der Waals surface area contributed by atoms with Crippen LogP contribution in [-0.2, 0) is 0 Å². The van der Waals surface area contributed by atoms with Crippen molar-refractivity contribution < 1.29 is 27.6 Å². The third-order valence-corrected chi connectivity index (χ3v) is 3.40. The van der Waals surface area contributed by atoms with Gasteiger partial charge in [-0.25, -0.2) is 27.9 Å². The highest BCUT2D eigenvalue weighted by atomic mass is 19.2. The molecular weight excluding hydrogens is 367 g/mol. The lowest BCUT2D eigenvalue weighted by Gasteiger charge is -2.07. The van der Waals surface area contributed by atoms with Gasteiger partial charge in [0, 0.05) is 18.3 Å². The van der Waals surface area contributed by atoms with Gasteiger partial charge in [0.25, 0.3) is 5.69 Å². The van der Waals surface area contributed by atoms with E-state index in [4.69, 9.17) is 4.74 Å². The number of benzene rings is 2. The molecule has 1 heterocycles. The van der Waals surface area contributed by atoms with Crippen LogP contribution in [0.2, 0.25) is 0 Å². The highest BCUT2D eigenvalue weighted by molar-refractivity contribution is 5.87. The quantitative estimate of drug-likeness (QED) is 0.227. The fourth-order valence-corrected chi connectivity index (χ4v) is 2.15. The maximum absolute atomic E-state index is 13.9. The number of carbonyl (C=O) groups excluding carboxylic acids is 1. The van der Waals surface area contributed by atoms with Crippen LogP contribution in [0.4, 0.5) is 18.9 Å². The van der Waals surface area contributed by atoms with Crippen LogP contribution in [0.25, 0.3) is 11.3 Å². The van der Waals surface area contributed by atoms with E-state index >= 15 is 0 Å². The van der Waals surface area contributed by atoms with Crippen molar-refractivity contribution in [3.63, 3.8) is 0 Å². The summed E-state index contributed by atoms with van der Waals surface area (Å²) >= 11 is 0. The summed E-state index contributed by atoms with van der Waals surface area (Å²) in [4.78, 5) is 29.4. The van der Waals surface area contributed by atoms with Crippen molar-refractivity contribution in [2.75, 3.05) is 0 Å². The SMILES string of the molecule is O=C(Oc1ccc([N+](=O)[O-])cc1)c1nccc(-c2c(F)ccc(F)c2F)n1. The van der Waals surface area contributed by atoms with Gasteiger partial charge in [-0.3, -0.25) is 10.1 Å². The molecule has 0 aliphatic heterocycles. The molecule has 0 unspecified atom stereocenters. The molecular formula is C17H8F3N3O4. The van der Waals surface area contributed by atoms with Gasteiger partial charge in [-0.05, 0) is 30.3 Å². The molecule has 136 valence electrons. The summed E-state index contributed by atoms with van der Waals surface area (Å²) < 4.78 is 46.1. The second-order valence-corrected chi connectivity index (χ2v) is 5.12. The van der Waals surface area contributed by atoms with Crippen molar-refractivity contribution in [3.05, 3.63) is 82.1 Å². The zero-order chi connectivity index (χ0) is 19.6. The summed E-state index contributed by atoms with van der Waals surface area (Å²) in [5.41, 5.74) is -1.30. The monoisotopic (exact) mass is 375 g/mol. The minimum absolute atomic E-state index is 0.0253. The summed E-state index contributed by atoms with van der Waals surface area (Å²) in [5, 5.41) is 10.6. The van der Waals surface area contributed by atoms with Crippen molar-refractivity contribution in [3.8, 4) is 17.0 Å². The normalized spacial score (nSPS) is 10.5. The van der Waals surface area contributed by atoms with Crippen LogP contribution in [0.1, 0.15) is 10.6 Å². The number of non-ortho nitro benzene ring substituents is 1. The van der Waals surface area contributed by atoms with E-state index in [9.17, 15) is 28.1 Å². The Morgan fingerprint density at radius 3 is 2.33 bits per heavy atom. The lowest BCUT2D eigenvalue weighted by atomic mass is 10.1. The van der Waals surface area contributed by atoms with Gasteiger partial charge in [0.1, 0.15) is 11.6 Å². The minimum atomic E-state index is -1.46. The van der Waals surface area contributed by atoms with Crippen LogP contribution in [0.3, 0.4) is 0 Å². The summed E-state index contributed by atoms with van der Waals surface area (Å²) in [7, 11) is 0. The first-order valence-corrected chi connectivity index (χ1v) is 7.30. The van der Waals surface area contributed by atoms with E-state index in [2.05, 4.69) is 9.97 Å². The molecule has 0 fully saturated rings. The number of rotatable bonds is 4. The standard InChI is InChI=1S/C17H8F3N3O4/c18-11-5-6-12(19)15(20)14(11)13-7-8-21-16(22-13)17(24)27-10-3-1-9(2-4-10)23(25)26/h1-8H. The Morgan fingerprint density at radius 2 is 1.67 bits per heavy atom. The zero-order valence-electron chi connectivity index (χ0n) is 13.2. The first-order valence-electron chi connectivity index (χ1n) is 7.30. The van der Waals surface area contributed by atoms with Crippen molar-refractivity contribution in [2.24, 2.45) is 0 Å². The number of ether oxygens (including phenoxy) is 1. The number of hydrogen-bond donors (Lipinski definition) is 0. The minimum Gasteiger partial charge on any atom is -0.421 e. The predicted molar refractivity (Wildman–Crippen MR) is 85.4 cm³/mol. The smallest absolute Gasteiger partial charge is 0.381 e. The number of nitro benzene ring substituents is 1. The van der Waals surface area contributed by atoms with E-state index in [0.717, 1.165) is 30.5 Å². The topological polar surface area (TPSA) is 95.2 Å². The molecule has 0 atom stereocenters. The molecule has 0 aliphatic rings. The first kappa shape index (κ1) is 18.0. The molecule has 3 rings (SSSR count). The molecule has 0 spiro atoms. The summed E-state index contributed by atoms with van der Waals surface area (Å²) in [6.45, 7) is 0. The number of carbonyl (C=O) groups is 1. The Bertz CT molecular complexity index is 1040. The maximum atomic E-state index is 13.9. The van der Waals surface area contributed by atoms with Crippen molar-refractivity contribution >= 4 is 11.7 Å². The fourth-order valence-electron chi connectivity index (χ4n) is 2.15. The second-order valence-electron chi connectivity index (χ2n) is 5.12. The fraction of sp³-hybridized carbons (Fsp3) is 0. The zero-order valence-corrected chi connectivity index (χ0v) is 13.2. The molecule has 7 nitrogen and oxygen atoms in total. The molecule has 0 amide bonds. The van der Waals surface area contributed by atoms with E-state index in [-0.39, 0.29) is 17.1 Å². The van der Waals surface area contributed by atoms with Gasteiger partial charge >= 0.3 is 5.97 Å². The number of nitro groups is 1.